The van der Waals surface area contributed by atoms with E-state index in [4.69, 9.17) is 23.2 Å². The van der Waals surface area contributed by atoms with Crippen LogP contribution in [-0.2, 0) is 9.59 Å². The molecule has 0 atom stereocenters. The molecule has 3 amide bonds. The molecule has 1 fully saturated rings. The molecule has 2 aromatic rings. The van der Waals surface area contributed by atoms with Crippen LogP contribution in [0.1, 0.15) is 48.0 Å². The lowest BCUT2D eigenvalue weighted by molar-refractivity contribution is -0.136. The first-order chi connectivity index (χ1) is 15.0. The van der Waals surface area contributed by atoms with Crippen LogP contribution in [0.3, 0.4) is 0 Å². The summed E-state index contributed by atoms with van der Waals surface area (Å²) in [6.45, 7) is 0. The summed E-state index contributed by atoms with van der Waals surface area (Å²) in [6.07, 6.45) is 6.52. The minimum absolute atomic E-state index is 0.126. The highest BCUT2D eigenvalue weighted by atomic mass is 35.5. The van der Waals surface area contributed by atoms with Gasteiger partial charge in [0, 0.05) is 11.6 Å². The van der Waals surface area contributed by atoms with Gasteiger partial charge in [-0.25, -0.2) is 5.43 Å². The summed E-state index contributed by atoms with van der Waals surface area (Å²) in [7, 11) is 0. The molecule has 1 aliphatic carbocycles. The molecular weight excluding hydrogens is 439 g/mol. The van der Waals surface area contributed by atoms with Crippen molar-refractivity contribution in [3.05, 3.63) is 63.6 Å². The Labute approximate surface area is 190 Å². The molecule has 9 heteroatoms. The highest BCUT2D eigenvalue weighted by Gasteiger charge is 2.20. The van der Waals surface area contributed by atoms with Crippen molar-refractivity contribution >= 4 is 52.8 Å². The zero-order chi connectivity index (χ0) is 22.2. The van der Waals surface area contributed by atoms with Crippen LogP contribution in [0.4, 0.5) is 5.69 Å². The molecule has 1 saturated carbocycles. The van der Waals surface area contributed by atoms with E-state index in [1.165, 1.54) is 12.6 Å². The standard InChI is InChI=1S/C22H22Cl2N4O3/c23-17-11-6-7-14(19(17)24)13-25-28-22(31)21(30)27-18-12-5-4-10-16(18)20(29)26-15-8-2-1-3-9-15/h4-7,10-13,15H,1-3,8-9H2,(H,26,29)(H,27,30)(H,28,31)/b25-13+. The maximum Gasteiger partial charge on any atom is 0.329 e. The third-order valence-corrected chi connectivity index (χ3v) is 5.75. The predicted molar refractivity (Wildman–Crippen MR) is 122 cm³/mol. The van der Waals surface area contributed by atoms with Crippen LogP contribution in [0.15, 0.2) is 47.6 Å². The summed E-state index contributed by atoms with van der Waals surface area (Å²) in [5, 5.41) is 9.83. The number of rotatable bonds is 5. The van der Waals surface area contributed by atoms with Crippen LogP contribution < -0.4 is 16.1 Å². The lowest BCUT2D eigenvalue weighted by atomic mass is 9.95. The summed E-state index contributed by atoms with van der Waals surface area (Å²) >= 11 is 12.0. The molecule has 3 N–H and O–H groups in total. The first kappa shape index (κ1) is 22.8. The van der Waals surface area contributed by atoms with E-state index >= 15 is 0 Å². The minimum atomic E-state index is -0.989. The van der Waals surface area contributed by atoms with Crippen molar-refractivity contribution < 1.29 is 14.4 Å². The van der Waals surface area contributed by atoms with Gasteiger partial charge in [-0.1, -0.05) is 66.7 Å². The van der Waals surface area contributed by atoms with E-state index in [0.29, 0.717) is 16.1 Å². The van der Waals surface area contributed by atoms with Gasteiger partial charge in [-0.2, -0.15) is 5.10 Å². The van der Waals surface area contributed by atoms with Crippen molar-refractivity contribution in [2.45, 2.75) is 38.1 Å². The van der Waals surface area contributed by atoms with Gasteiger partial charge in [-0.05, 0) is 31.0 Å². The molecule has 2 aromatic carbocycles. The van der Waals surface area contributed by atoms with Crippen LogP contribution in [0.25, 0.3) is 0 Å². The average molecular weight is 461 g/mol. The number of hydrazone groups is 1. The molecular formula is C22H22Cl2N4O3. The van der Waals surface area contributed by atoms with Crippen molar-refractivity contribution in [3.63, 3.8) is 0 Å². The monoisotopic (exact) mass is 460 g/mol. The lowest BCUT2D eigenvalue weighted by Crippen LogP contribution is -2.37. The Morgan fingerprint density at radius 3 is 2.45 bits per heavy atom. The Bertz CT molecular complexity index is 1000. The SMILES string of the molecule is O=C(N/N=C/c1cccc(Cl)c1Cl)C(=O)Nc1ccccc1C(=O)NC1CCCCC1. The molecule has 31 heavy (non-hydrogen) atoms. The Hall–Kier alpha value is -2.90. The fraction of sp³-hybridized carbons (Fsp3) is 0.273. The number of hydrogen-bond donors (Lipinski definition) is 3. The second-order valence-electron chi connectivity index (χ2n) is 7.15. The van der Waals surface area contributed by atoms with Gasteiger partial charge in [0.1, 0.15) is 0 Å². The zero-order valence-corrected chi connectivity index (χ0v) is 18.2. The third kappa shape index (κ3) is 6.29. The molecule has 0 spiro atoms. The van der Waals surface area contributed by atoms with Crippen LogP contribution >= 0.6 is 23.2 Å². The topological polar surface area (TPSA) is 99.7 Å². The van der Waals surface area contributed by atoms with Gasteiger partial charge in [-0.15, -0.1) is 0 Å². The Morgan fingerprint density at radius 2 is 1.68 bits per heavy atom. The number of nitrogens with one attached hydrogen (secondary N) is 3. The Balaban J connectivity index is 1.60. The van der Waals surface area contributed by atoms with E-state index < -0.39 is 11.8 Å². The molecule has 1 aliphatic rings. The smallest absolute Gasteiger partial charge is 0.329 e. The Morgan fingerprint density at radius 1 is 0.935 bits per heavy atom. The highest BCUT2D eigenvalue weighted by Crippen LogP contribution is 2.24. The van der Waals surface area contributed by atoms with Gasteiger partial charge in [-0.3, -0.25) is 14.4 Å². The number of hydrogen-bond acceptors (Lipinski definition) is 4. The fourth-order valence-corrected chi connectivity index (χ4v) is 3.67. The van der Waals surface area contributed by atoms with E-state index in [9.17, 15) is 14.4 Å². The number of para-hydroxylation sites is 1. The van der Waals surface area contributed by atoms with Gasteiger partial charge < -0.3 is 10.6 Å². The number of amides is 3. The lowest BCUT2D eigenvalue weighted by Gasteiger charge is -2.23. The fourth-order valence-electron chi connectivity index (χ4n) is 3.31. The molecule has 0 bridgehead atoms. The highest BCUT2D eigenvalue weighted by molar-refractivity contribution is 6.43. The number of anilines is 1. The normalized spacial score (nSPS) is 14.3. The molecule has 3 rings (SSSR count). The Kier molecular flexibility index (Phi) is 8.03. The van der Waals surface area contributed by atoms with Crippen LogP contribution in [0, 0.1) is 0 Å². The summed E-state index contributed by atoms with van der Waals surface area (Å²) in [4.78, 5) is 37.0. The van der Waals surface area contributed by atoms with E-state index in [0.717, 1.165) is 25.7 Å². The van der Waals surface area contributed by atoms with Crippen molar-refractivity contribution in [2.75, 3.05) is 5.32 Å². The summed E-state index contributed by atoms with van der Waals surface area (Å²) in [6, 6.07) is 11.6. The van der Waals surface area contributed by atoms with Gasteiger partial charge in [0.05, 0.1) is 27.5 Å². The number of carbonyl (C=O) groups excluding carboxylic acids is 3. The second-order valence-corrected chi connectivity index (χ2v) is 7.94. The molecule has 0 aliphatic heterocycles. The third-order valence-electron chi connectivity index (χ3n) is 4.92. The summed E-state index contributed by atoms with van der Waals surface area (Å²) in [5.74, 6) is -2.22. The molecule has 0 unspecified atom stereocenters. The van der Waals surface area contributed by atoms with E-state index in [1.54, 1.807) is 42.5 Å². The van der Waals surface area contributed by atoms with Crippen molar-refractivity contribution in [2.24, 2.45) is 5.10 Å². The van der Waals surface area contributed by atoms with E-state index in [1.807, 2.05) is 0 Å². The predicted octanol–water partition coefficient (Wildman–Crippen LogP) is 4.14. The van der Waals surface area contributed by atoms with Gasteiger partial charge in [0.15, 0.2) is 0 Å². The molecule has 0 radical (unpaired) electrons. The first-order valence-electron chi connectivity index (χ1n) is 9.94. The van der Waals surface area contributed by atoms with E-state index in [-0.39, 0.29) is 22.7 Å². The van der Waals surface area contributed by atoms with Crippen LogP contribution in [0.5, 0.6) is 0 Å². The van der Waals surface area contributed by atoms with Crippen molar-refractivity contribution in [1.29, 1.82) is 0 Å². The first-order valence-corrected chi connectivity index (χ1v) is 10.7. The number of nitrogens with zero attached hydrogens (tertiary/aromatic N) is 1. The van der Waals surface area contributed by atoms with E-state index in [2.05, 4.69) is 21.2 Å². The number of halogens is 2. The summed E-state index contributed by atoms with van der Waals surface area (Å²) in [5.41, 5.74) is 3.16. The molecule has 162 valence electrons. The zero-order valence-electron chi connectivity index (χ0n) is 16.7. The van der Waals surface area contributed by atoms with Crippen LogP contribution in [0.2, 0.25) is 10.0 Å². The summed E-state index contributed by atoms with van der Waals surface area (Å²) < 4.78 is 0. The largest absolute Gasteiger partial charge is 0.349 e. The average Bonchev–Trinajstić information content (AvgIpc) is 2.77. The van der Waals surface area contributed by atoms with Crippen LogP contribution in [-0.4, -0.2) is 30.0 Å². The number of benzene rings is 2. The number of carbonyl (C=O) groups is 3. The maximum absolute atomic E-state index is 12.7. The molecule has 0 aromatic heterocycles. The minimum Gasteiger partial charge on any atom is -0.349 e. The maximum atomic E-state index is 12.7. The van der Waals surface area contributed by atoms with Gasteiger partial charge >= 0.3 is 11.8 Å². The van der Waals surface area contributed by atoms with Gasteiger partial charge in [0.25, 0.3) is 5.91 Å². The molecule has 7 nitrogen and oxygen atoms in total. The second kappa shape index (κ2) is 10.9. The molecule has 0 heterocycles. The van der Waals surface area contributed by atoms with Crippen molar-refractivity contribution in [3.8, 4) is 0 Å². The quantitative estimate of drug-likeness (QED) is 0.355. The van der Waals surface area contributed by atoms with Gasteiger partial charge in [0.2, 0.25) is 0 Å². The molecule has 0 saturated heterocycles. The van der Waals surface area contributed by atoms with Crippen molar-refractivity contribution in [1.82, 2.24) is 10.7 Å².